The minimum atomic E-state index is -0.210. The smallest absolute Gasteiger partial charge is 0.234 e. The van der Waals surface area contributed by atoms with Crippen molar-refractivity contribution in [2.75, 3.05) is 19.6 Å². The van der Waals surface area contributed by atoms with E-state index in [-0.39, 0.29) is 23.8 Å². The molecule has 3 N–H and O–H groups in total. The first-order chi connectivity index (χ1) is 9.52. The van der Waals surface area contributed by atoms with Gasteiger partial charge in [0.1, 0.15) is 0 Å². The molecule has 1 saturated heterocycles. The summed E-state index contributed by atoms with van der Waals surface area (Å²) >= 11 is 0. The predicted octanol–water partition coefficient (Wildman–Crippen LogP) is 1.27. The number of piperidine rings is 1. The van der Waals surface area contributed by atoms with Gasteiger partial charge in [0.05, 0.1) is 6.54 Å². The highest BCUT2D eigenvalue weighted by molar-refractivity contribution is 5.78. The number of rotatable bonds is 8. The van der Waals surface area contributed by atoms with E-state index in [2.05, 4.69) is 24.1 Å². The van der Waals surface area contributed by atoms with Crippen molar-refractivity contribution >= 4 is 11.8 Å². The molecular weight excluding hydrogens is 254 g/mol. The van der Waals surface area contributed by atoms with E-state index in [1.807, 2.05) is 0 Å². The molecule has 20 heavy (non-hydrogen) atoms. The number of primary amides is 1. The Labute approximate surface area is 122 Å². The summed E-state index contributed by atoms with van der Waals surface area (Å²) in [4.78, 5) is 25.1. The number of hydrogen-bond acceptors (Lipinski definition) is 3. The Morgan fingerprint density at radius 1 is 1.30 bits per heavy atom. The average molecular weight is 283 g/mol. The van der Waals surface area contributed by atoms with Crippen LogP contribution < -0.4 is 11.1 Å². The Morgan fingerprint density at radius 3 is 2.50 bits per heavy atom. The molecule has 116 valence electrons. The first kappa shape index (κ1) is 17.0. The molecular formula is C15H29N3O2. The van der Waals surface area contributed by atoms with Crippen LogP contribution in [0.4, 0.5) is 0 Å². The van der Waals surface area contributed by atoms with Gasteiger partial charge >= 0.3 is 0 Å². The van der Waals surface area contributed by atoms with E-state index >= 15 is 0 Å². The lowest BCUT2D eigenvalue weighted by molar-refractivity contribution is -0.124. The lowest BCUT2D eigenvalue weighted by atomic mass is 9.96. The standard InChI is InChI=1S/C15H29N3O2/c1-3-4-5-6-12(2)17-14(19)11-18-9-7-13(8-10-18)15(16)20/h12-13H,3-11H2,1-2H3,(H2,16,20)(H,17,19)/t12-/m1/s1. The van der Waals surface area contributed by atoms with Crippen molar-refractivity contribution in [1.82, 2.24) is 10.2 Å². The fraction of sp³-hybridized carbons (Fsp3) is 0.867. The van der Waals surface area contributed by atoms with Gasteiger partial charge in [-0.15, -0.1) is 0 Å². The molecule has 1 aliphatic heterocycles. The molecule has 0 spiro atoms. The zero-order chi connectivity index (χ0) is 15.0. The summed E-state index contributed by atoms with van der Waals surface area (Å²) in [5.41, 5.74) is 5.30. The van der Waals surface area contributed by atoms with Crippen LogP contribution in [-0.2, 0) is 9.59 Å². The fourth-order valence-electron chi connectivity index (χ4n) is 2.67. The molecule has 0 aromatic carbocycles. The van der Waals surface area contributed by atoms with Crippen LogP contribution in [0.15, 0.2) is 0 Å². The molecule has 5 nitrogen and oxygen atoms in total. The first-order valence-corrected chi connectivity index (χ1v) is 7.84. The summed E-state index contributed by atoms with van der Waals surface area (Å²) in [5, 5.41) is 3.05. The maximum absolute atomic E-state index is 11.9. The van der Waals surface area contributed by atoms with Gasteiger partial charge in [0.2, 0.25) is 11.8 Å². The van der Waals surface area contributed by atoms with Crippen LogP contribution in [0.1, 0.15) is 52.4 Å². The van der Waals surface area contributed by atoms with E-state index in [4.69, 9.17) is 5.73 Å². The number of carbonyl (C=O) groups is 2. The van der Waals surface area contributed by atoms with Gasteiger partial charge < -0.3 is 11.1 Å². The van der Waals surface area contributed by atoms with Gasteiger partial charge in [0.15, 0.2) is 0 Å². The quantitative estimate of drug-likeness (QED) is 0.659. The van der Waals surface area contributed by atoms with E-state index in [1.165, 1.54) is 19.3 Å². The predicted molar refractivity (Wildman–Crippen MR) is 80.1 cm³/mol. The molecule has 0 aromatic heterocycles. The zero-order valence-electron chi connectivity index (χ0n) is 12.9. The Balaban J connectivity index is 2.18. The molecule has 1 rings (SSSR count). The number of nitrogens with zero attached hydrogens (tertiary/aromatic N) is 1. The molecule has 0 radical (unpaired) electrons. The molecule has 0 unspecified atom stereocenters. The van der Waals surface area contributed by atoms with Crippen molar-refractivity contribution in [2.24, 2.45) is 11.7 Å². The van der Waals surface area contributed by atoms with Gasteiger partial charge in [-0.3, -0.25) is 14.5 Å². The lowest BCUT2D eigenvalue weighted by Crippen LogP contribution is -2.45. The van der Waals surface area contributed by atoms with Crippen molar-refractivity contribution in [3.8, 4) is 0 Å². The van der Waals surface area contributed by atoms with Crippen LogP contribution in [0.2, 0.25) is 0 Å². The number of nitrogens with one attached hydrogen (secondary N) is 1. The van der Waals surface area contributed by atoms with E-state index in [1.54, 1.807) is 0 Å². The maximum atomic E-state index is 11.9. The minimum absolute atomic E-state index is 0.0118. The maximum Gasteiger partial charge on any atom is 0.234 e. The molecule has 2 amide bonds. The van der Waals surface area contributed by atoms with Crippen LogP contribution in [0.25, 0.3) is 0 Å². The molecule has 0 saturated carbocycles. The summed E-state index contributed by atoms with van der Waals surface area (Å²) in [6, 6.07) is 0.247. The van der Waals surface area contributed by atoms with Gasteiger partial charge in [-0.05, 0) is 39.3 Å². The molecule has 0 aliphatic carbocycles. The van der Waals surface area contributed by atoms with E-state index in [0.717, 1.165) is 32.4 Å². The van der Waals surface area contributed by atoms with E-state index < -0.39 is 0 Å². The Hall–Kier alpha value is -1.10. The molecule has 1 heterocycles. The third-order valence-electron chi connectivity index (χ3n) is 4.01. The summed E-state index contributed by atoms with van der Waals surface area (Å²) < 4.78 is 0. The summed E-state index contributed by atoms with van der Waals surface area (Å²) in [6.07, 6.45) is 6.19. The van der Waals surface area contributed by atoms with Gasteiger partial charge in [-0.1, -0.05) is 26.2 Å². The minimum Gasteiger partial charge on any atom is -0.369 e. The molecule has 5 heteroatoms. The normalized spacial score (nSPS) is 18.7. The van der Waals surface area contributed by atoms with E-state index in [0.29, 0.717) is 6.54 Å². The highest BCUT2D eigenvalue weighted by Gasteiger charge is 2.24. The van der Waals surface area contributed by atoms with Gasteiger partial charge in [0.25, 0.3) is 0 Å². The first-order valence-electron chi connectivity index (χ1n) is 7.84. The number of unbranched alkanes of at least 4 members (excludes halogenated alkanes) is 2. The van der Waals surface area contributed by atoms with Crippen molar-refractivity contribution in [1.29, 1.82) is 0 Å². The van der Waals surface area contributed by atoms with Crippen molar-refractivity contribution in [2.45, 2.75) is 58.4 Å². The largest absolute Gasteiger partial charge is 0.369 e. The number of amides is 2. The lowest BCUT2D eigenvalue weighted by Gasteiger charge is -2.30. The average Bonchev–Trinajstić information content (AvgIpc) is 2.39. The molecule has 0 bridgehead atoms. The van der Waals surface area contributed by atoms with Gasteiger partial charge in [0, 0.05) is 12.0 Å². The Bertz CT molecular complexity index is 312. The second-order valence-corrected chi connectivity index (χ2v) is 5.92. The van der Waals surface area contributed by atoms with Gasteiger partial charge in [-0.25, -0.2) is 0 Å². The number of nitrogens with two attached hydrogens (primary N) is 1. The monoisotopic (exact) mass is 283 g/mol. The third kappa shape index (κ3) is 6.37. The van der Waals surface area contributed by atoms with Crippen molar-refractivity contribution < 1.29 is 9.59 Å². The summed E-state index contributed by atoms with van der Waals surface area (Å²) in [7, 11) is 0. The molecule has 1 aliphatic rings. The van der Waals surface area contributed by atoms with Crippen LogP contribution in [0.5, 0.6) is 0 Å². The molecule has 1 atom stereocenters. The molecule has 0 aromatic rings. The third-order valence-corrected chi connectivity index (χ3v) is 4.01. The number of carbonyl (C=O) groups excluding carboxylic acids is 2. The molecule has 1 fully saturated rings. The number of likely N-dealkylation sites (tertiary alicyclic amines) is 1. The fourth-order valence-corrected chi connectivity index (χ4v) is 2.67. The van der Waals surface area contributed by atoms with Crippen molar-refractivity contribution in [3.63, 3.8) is 0 Å². The van der Waals surface area contributed by atoms with Crippen LogP contribution in [-0.4, -0.2) is 42.4 Å². The summed E-state index contributed by atoms with van der Waals surface area (Å²) in [6.45, 7) is 6.24. The van der Waals surface area contributed by atoms with Crippen molar-refractivity contribution in [3.05, 3.63) is 0 Å². The van der Waals surface area contributed by atoms with Crippen LogP contribution >= 0.6 is 0 Å². The highest BCUT2D eigenvalue weighted by Crippen LogP contribution is 2.16. The zero-order valence-corrected chi connectivity index (χ0v) is 12.9. The Morgan fingerprint density at radius 2 is 1.95 bits per heavy atom. The number of hydrogen-bond donors (Lipinski definition) is 2. The second kappa shape index (κ2) is 8.95. The van der Waals surface area contributed by atoms with E-state index in [9.17, 15) is 9.59 Å². The highest BCUT2D eigenvalue weighted by atomic mass is 16.2. The van der Waals surface area contributed by atoms with Crippen LogP contribution in [0, 0.1) is 5.92 Å². The van der Waals surface area contributed by atoms with Gasteiger partial charge in [-0.2, -0.15) is 0 Å². The summed E-state index contributed by atoms with van der Waals surface area (Å²) in [5.74, 6) is -0.132. The topological polar surface area (TPSA) is 75.4 Å². The SMILES string of the molecule is CCCCC[C@@H](C)NC(=O)CN1CCC(C(N)=O)CC1. The van der Waals surface area contributed by atoms with Crippen LogP contribution in [0.3, 0.4) is 0 Å². The second-order valence-electron chi connectivity index (χ2n) is 5.92. The Kier molecular flexibility index (Phi) is 7.59.